The third-order valence-corrected chi connectivity index (χ3v) is 3.56. The Balaban J connectivity index is 2.98. The van der Waals surface area contributed by atoms with Crippen LogP contribution in [0.25, 0.3) is 0 Å². The van der Waals surface area contributed by atoms with Gasteiger partial charge in [-0.3, -0.25) is 9.88 Å². The minimum atomic E-state index is 0.0285. The lowest BCUT2D eigenvalue weighted by molar-refractivity contribution is 0.0769. The molecular formula is C15H27N3O. The number of nitrogens with two attached hydrogens (primary N) is 1. The average molecular weight is 265 g/mol. The number of methoxy groups -OCH3 is 1. The van der Waals surface area contributed by atoms with Gasteiger partial charge < -0.3 is 10.5 Å². The van der Waals surface area contributed by atoms with Crippen LogP contribution in [-0.2, 0) is 4.74 Å². The summed E-state index contributed by atoms with van der Waals surface area (Å²) in [5.74, 6) is 0. The lowest BCUT2D eigenvalue weighted by atomic mass is 10.0. The van der Waals surface area contributed by atoms with Gasteiger partial charge in [0.1, 0.15) is 0 Å². The topological polar surface area (TPSA) is 51.4 Å². The van der Waals surface area contributed by atoms with Crippen LogP contribution in [0.4, 0.5) is 0 Å². The molecule has 0 bridgehead atoms. The molecular weight excluding hydrogens is 238 g/mol. The van der Waals surface area contributed by atoms with Crippen molar-refractivity contribution >= 4 is 0 Å². The van der Waals surface area contributed by atoms with E-state index in [4.69, 9.17) is 10.5 Å². The second-order valence-electron chi connectivity index (χ2n) is 5.05. The molecule has 0 fully saturated rings. The average Bonchev–Trinajstić information content (AvgIpc) is 2.43. The van der Waals surface area contributed by atoms with Crippen LogP contribution in [0.15, 0.2) is 24.4 Å². The van der Waals surface area contributed by atoms with Crippen molar-refractivity contribution in [3.63, 3.8) is 0 Å². The molecule has 3 atom stereocenters. The van der Waals surface area contributed by atoms with Crippen molar-refractivity contribution in [1.29, 1.82) is 0 Å². The Hall–Kier alpha value is -0.970. The molecule has 0 aliphatic rings. The van der Waals surface area contributed by atoms with Gasteiger partial charge in [0, 0.05) is 31.9 Å². The van der Waals surface area contributed by atoms with Gasteiger partial charge in [-0.1, -0.05) is 13.0 Å². The Morgan fingerprint density at radius 2 is 2.11 bits per heavy atom. The molecule has 0 aliphatic heterocycles. The Labute approximate surface area is 117 Å². The fourth-order valence-corrected chi connectivity index (χ4v) is 2.36. The Bertz CT molecular complexity index is 343. The molecule has 0 radical (unpaired) electrons. The number of aromatic nitrogens is 1. The zero-order chi connectivity index (χ0) is 14.3. The molecule has 2 N–H and O–H groups in total. The van der Waals surface area contributed by atoms with E-state index in [-0.39, 0.29) is 12.1 Å². The fraction of sp³-hybridized carbons (Fsp3) is 0.667. The molecule has 108 valence electrons. The molecule has 4 heteroatoms. The molecule has 4 nitrogen and oxygen atoms in total. The van der Waals surface area contributed by atoms with E-state index in [0.29, 0.717) is 12.6 Å². The van der Waals surface area contributed by atoms with Crippen molar-refractivity contribution in [3.8, 4) is 0 Å². The van der Waals surface area contributed by atoms with E-state index in [1.165, 1.54) is 0 Å². The van der Waals surface area contributed by atoms with Crippen molar-refractivity contribution in [2.45, 2.75) is 45.3 Å². The first-order chi connectivity index (χ1) is 9.11. The van der Waals surface area contributed by atoms with Gasteiger partial charge in [-0.2, -0.15) is 0 Å². The summed E-state index contributed by atoms with van der Waals surface area (Å²) in [6.45, 7) is 8.05. The first-order valence-electron chi connectivity index (χ1n) is 7.03. The maximum absolute atomic E-state index is 6.21. The highest BCUT2D eigenvalue weighted by Gasteiger charge is 2.27. The summed E-state index contributed by atoms with van der Waals surface area (Å²) in [5.41, 5.74) is 7.25. The van der Waals surface area contributed by atoms with Crippen LogP contribution in [0.1, 0.15) is 38.9 Å². The van der Waals surface area contributed by atoms with Crippen LogP contribution >= 0.6 is 0 Å². The number of nitrogens with zero attached hydrogens (tertiary/aromatic N) is 2. The summed E-state index contributed by atoms with van der Waals surface area (Å²) < 4.78 is 5.23. The van der Waals surface area contributed by atoms with Crippen molar-refractivity contribution in [1.82, 2.24) is 9.88 Å². The fourth-order valence-electron chi connectivity index (χ4n) is 2.36. The van der Waals surface area contributed by atoms with Crippen LogP contribution < -0.4 is 5.73 Å². The highest BCUT2D eigenvalue weighted by atomic mass is 16.5. The molecule has 1 aromatic heterocycles. The lowest BCUT2D eigenvalue weighted by Gasteiger charge is -2.37. The third-order valence-electron chi connectivity index (χ3n) is 3.56. The van der Waals surface area contributed by atoms with Crippen molar-refractivity contribution < 1.29 is 4.74 Å². The molecule has 19 heavy (non-hydrogen) atoms. The summed E-state index contributed by atoms with van der Waals surface area (Å²) in [7, 11) is 1.73. The van der Waals surface area contributed by atoms with Crippen LogP contribution in [0.3, 0.4) is 0 Å². The molecule has 0 amide bonds. The van der Waals surface area contributed by atoms with E-state index in [1.54, 1.807) is 7.11 Å². The molecule has 1 aromatic rings. The zero-order valence-electron chi connectivity index (χ0n) is 12.5. The normalized spacial score (nSPS) is 16.3. The maximum Gasteiger partial charge on any atom is 0.0674 e. The second kappa shape index (κ2) is 8.25. The second-order valence-corrected chi connectivity index (χ2v) is 5.05. The molecule has 3 unspecified atom stereocenters. The summed E-state index contributed by atoms with van der Waals surface area (Å²) in [5, 5.41) is 0. The molecule has 1 rings (SSSR count). The van der Waals surface area contributed by atoms with Gasteiger partial charge >= 0.3 is 0 Å². The molecule has 0 saturated heterocycles. The van der Waals surface area contributed by atoms with Crippen molar-refractivity contribution in [2.24, 2.45) is 5.73 Å². The highest BCUT2D eigenvalue weighted by molar-refractivity contribution is 5.11. The number of pyridine rings is 1. The van der Waals surface area contributed by atoms with Crippen LogP contribution in [-0.4, -0.2) is 42.2 Å². The van der Waals surface area contributed by atoms with E-state index < -0.39 is 0 Å². The van der Waals surface area contributed by atoms with Gasteiger partial charge in [-0.25, -0.2) is 0 Å². The Morgan fingerprint density at radius 3 is 2.58 bits per heavy atom. The minimum Gasteiger partial charge on any atom is -0.383 e. The number of hydrogen-bond donors (Lipinski definition) is 1. The quantitative estimate of drug-likeness (QED) is 0.783. The molecule has 0 spiro atoms. The third kappa shape index (κ3) is 4.56. The Morgan fingerprint density at radius 1 is 1.37 bits per heavy atom. The number of ether oxygens (including phenoxy) is 1. The van der Waals surface area contributed by atoms with Crippen molar-refractivity contribution in [3.05, 3.63) is 30.1 Å². The summed E-state index contributed by atoms with van der Waals surface area (Å²) in [6.07, 6.45) is 2.91. The predicted molar refractivity (Wildman–Crippen MR) is 79.0 cm³/mol. The largest absolute Gasteiger partial charge is 0.383 e. The summed E-state index contributed by atoms with van der Waals surface area (Å²) in [4.78, 5) is 6.88. The predicted octanol–water partition coefficient (Wildman–Crippen LogP) is 2.22. The minimum absolute atomic E-state index is 0.0285. The van der Waals surface area contributed by atoms with Gasteiger partial charge in [0.2, 0.25) is 0 Å². The smallest absolute Gasteiger partial charge is 0.0674 e. The van der Waals surface area contributed by atoms with E-state index in [0.717, 1.165) is 18.7 Å². The standard InChI is InChI=1S/C15H27N3O/c1-5-12(2)18(10-11-19-4)15(13(3)16)14-8-6-7-9-17-14/h6-9,12-13,15H,5,10-11,16H2,1-4H3. The van der Waals surface area contributed by atoms with Crippen molar-refractivity contribution in [2.75, 3.05) is 20.3 Å². The molecule has 0 saturated carbocycles. The molecule has 0 aliphatic carbocycles. The SMILES string of the molecule is CCC(C)N(CCOC)C(c1ccccn1)C(C)N. The van der Waals surface area contributed by atoms with Gasteiger partial charge in [0.25, 0.3) is 0 Å². The monoisotopic (exact) mass is 265 g/mol. The van der Waals surface area contributed by atoms with Gasteiger partial charge in [-0.15, -0.1) is 0 Å². The van der Waals surface area contributed by atoms with Crippen LogP contribution in [0, 0.1) is 0 Å². The van der Waals surface area contributed by atoms with Gasteiger partial charge in [-0.05, 0) is 32.4 Å². The van der Waals surface area contributed by atoms with Crippen LogP contribution in [0.2, 0.25) is 0 Å². The Kier molecular flexibility index (Phi) is 6.99. The number of rotatable bonds is 8. The number of hydrogen-bond acceptors (Lipinski definition) is 4. The van der Waals surface area contributed by atoms with E-state index in [1.807, 2.05) is 25.3 Å². The van der Waals surface area contributed by atoms with E-state index in [9.17, 15) is 0 Å². The first-order valence-corrected chi connectivity index (χ1v) is 7.03. The molecule has 1 heterocycles. The van der Waals surface area contributed by atoms with E-state index in [2.05, 4.69) is 29.8 Å². The van der Waals surface area contributed by atoms with Gasteiger partial charge in [0.05, 0.1) is 18.3 Å². The van der Waals surface area contributed by atoms with Crippen LogP contribution in [0.5, 0.6) is 0 Å². The van der Waals surface area contributed by atoms with Gasteiger partial charge in [0.15, 0.2) is 0 Å². The summed E-state index contributed by atoms with van der Waals surface area (Å²) in [6, 6.07) is 6.61. The lowest BCUT2D eigenvalue weighted by Crippen LogP contribution is -2.45. The first kappa shape index (κ1) is 16.1. The zero-order valence-corrected chi connectivity index (χ0v) is 12.5. The van der Waals surface area contributed by atoms with E-state index >= 15 is 0 Å². The highest BCUT2D eigenvalue weighted by Crippen LogP contribution is 2.24. The molecule has 0 aromatic carbocycles. The maximum atomic E-state index is 6.21. The summed E-state index contributed by atoms with van der Waals surface area (Å²) >= 11 is 0.